The van der Waals surface area contributed by atoms with Crippen LogP contribution < -0.4 is 5.73 Å². The van der Waals surface area contributed by atoms with E-state index < -0.39 is 9.84 Å². The zero-order chi connectivity index (χ0) is 8.11. The summed E-state index contributed by atoms with van der Waals surface area (Å²) in [5.74, 6) is 1.49. The van der Waals surface area contributed by atoms with E-state index in [0.29, 0.717) is 24.0 Å². The molecule has 1 aliphatic carbocycles. The molecule has 3 nitrogen and oxygen atoms in total. The normalized spacial score (nSPS) is 36.6. The SMILES string of the molecule is NCCC1CC12CS(=O)(=O)C2. The Morgan fingerprint density at radius 3 is 2.55 bits per heavy atom. The molecule has 0 aromatic carbocycles. The van der Waals surface area contributed by atoms with Crippen LogP contribution in [0.15, 0.2) is 0 Å². The first kappa shape index (κ1) is 7.55. The molecule has 4 heteroatoms. The lowest BCUT2D eigenvalue weighted by Gasteiger charge is -2.26. The minimum Gasteiger partial charge on any atom is -0.330 e. The van der Waals surface area contributed by atoms with Crippen LogP contribution in [0.2, 0.25) is 0 Å². The third-order valence-electron chi connectivity index (χ3n) is 2.89. The van der Waals surface area contributed by atoms with E-state index in [1.807, 2.05) is 0 Å². The maximum absolute atomic E-state index is 10.9. The van der Waals surface area contributed by atoms with Crippen LogP contribution in [0.25, 0.3) is 0 Å². The monoisotopic (exact) mass is 175 g/mol. The summed E-state index contributed by atoms with van der Waals surface area (Å²) in [7, 11) is -2.62. The summed E-state index contributed by atoms with van der Waals surface area (Å²) in [6.45, 7) is 0.701. The van der Waals surface area contributed by atoms with Gasteiger partial charge in [0.25, 0.3) is 0 Å². The Labute approximate surface area is 66.9 Å². The predicted octanol–water partition coefficient (Wildman–Crippen LogP) is -0.230. The Balaban J connectivity index is 1.93. The molecule has 11 heavy (non-hydrogen) atoms. The second-order valence-electron chi connectivity index (χ2n) is 3.87. The Hall–Kier alpha value is -0.0900. The Morgan fingerprint density at radius 1 is 1.45 bits per heavy atom. The second-order valence-corrected chi connectivity index (χ2v) is 5.94. The lowest BCUT2D eigenvalue weighted by Crippen LogP contribution is -2.39. The summed E-state index contributed by atoms with van der Waals surface area (Å²) in [5, 5.41) is 0. The molecule has 1 aliphatic heterocycles. The van der Waals surface area contributed by atoms with E-state index >= 15 is 0 Å². The largest absolute Gasteiger partial charge is 0.330 e. The van der Waals surface area contributed by atoms with Crippen molar-refractivity contribution in [2.75, 3.05) is 18.1 Å². The molecule has 0 amide bonds. The number of hydrogen-bond acceptors (Lipinski definition) is 3. The highest BCUT2D eigenvalue weighted by Crippen LogP contribution is 2.61. The van der Waals surface area contributed by atoms with E-state index in [-0.39, 0.29) is 5.41 Å². The van der Waals surface area contributed by atoms with Crippen molar-refractivity contribution < 1.29 is 8.42 Å². The summed E-state index contributed by atoms with van der Waals surface area (Å²) in [4.78, 5) is 0. The van der Waals surface area contributed by atoms with Gasteiger partial charge < -0.3 is 5.73 Å². The average Bonchev–Trinajstić information content (AvgIpc) is 2.40. The molecule has 0 aromatic rings. The first-order valence-corrected chi connectivity index (χ1v) is 5.81. The van der Waals surface area contributed by atoms with Gasteiger partial charge in [-0.3, -0.25) is 0 Å². The van der Waals surface area contributed by atoms with Crippen molar-refractivity contribution in [2.24, 2.45) is 17.1 Å². The van der Waals surface area contributed by atoms with Crippen LogP contribution >= 0.6 is 0 Å². The summed E-state index contributed by atoms with van der Waals surface area (Å²) < 4.78 is 21.7. The van der Waals surface area contributed by atoms with Gasteiger partial charge in [-0.1, -0.05) is 0 Å². The molecule has 64 valence electrons. The van der Waals surface area contributed by atoms with E-state index in [9.17, 15) is 8.42 Å². The van der Waals surface area contributed by atoms with Gasteiger partial charge >= 0.3 is 0 Å². The fourth-order valence-corrected chi connectivity index (χ4v) is 4.60. The quantitative estimate of drug-likeness (QED) is 0.630. The van der Waals surface area contributed by atoms with Crippen molar-refractivity contribution in [1.82, 2.24) is 0 Å². The van der Waals surface area contributed by atoms with Gasteiger partial charge in [0.05, 0.1) is 11.5 Å². The van der Waals surface area contributed by atoms with Crippen LogP contribution in [-0.2, 0) is 9.84 Å². The highest BCUT2D eigenvalue weighted by molar-refractivity contribution is 7.92. The summed E-state index contributed by atoms with van der Waals surface area (Å²) in [5.41, 5.74) is 5.59. The number of nitrogens with two attached hydrogens (primary N) is 1. The summed E-state index contributed by atoms with van der Waals surface area (Å²) in [6, 6.07) is 0. The topological polar surface area (TPSA) is 60.2 Å². The van der Waals surface area contributed by atoms with E-state index in [1.54, 1.807) is 0 Å². The molecule has 1 heterocycles. The molecule has 2 fully saturated rings. The number of sulfone groups is 1. The van der Waals surface area contributed by atoms with Crippen molar-refractivity contribution in [2.45, 2.75) is 12.8 Å². The van der Waals surface area contributed by atoms with E-state index in [2.05, 4.69) is 0 Å². The van der Waals surface area contributed by atoms with Crippen molar-refractivity contribution in [1.29, 1.82) is 0 Å². The molecule has 0 bridgehead atoms. The Kier molecular flexibility index (Phi) is 1.36. The van der Waals surface area contributed by atoms with Crippen molar-refractivity contribution in [3.63, 3.8) is 0 Å². The zero-order valence-corrected chi connectivity index (χ0v) is 7.23. The van der Waals surface area contributed by atoms with Crippen molar-refractivity contribution in [3.05, 3.63) is 0 Å². The van der Waals surface area contributed by atoms with Crippen LogP contribution in [-0.4, -0.2) is 26.5 Å². The lowest BCUT2D eigenvalue weighted by molar-refractivity contribution is 0.468. The van der Waals surface area contributed by atoms with Gasteiger partial charge in [-0.2, -0.15) is 0 Å². The fraction of sp³-hybridized carbons (Fsp3) is 1.00. The minimum atomic E-state index is -2.62. The van der Waals surface area contributed by atoms with Crippen molar-refractivity contribution in [3.8, 4) is 0 Å². The van der Waals surface area contributed by atoms with Crippen LogP contribution in [0.1, 0.15) is 12.8 Å². The maximum atomic E-state index is 10.9. The molecule has 1 spiro atoms. The Morgan fingerprint density at radius 2 is 2.09 bits per heavy atom. The van der Waals surface area contributed by atoms with Gasteiger partial charge in [-0.25, -0.2) is 8.42 Å². The van der Waals surface area contributed by atoms with Gasteiger partial charge in [0.1, 0.15) is 0 Å². The first-order chi connectivity index (χ1) is 5.08. The van der Waals surface area contributed by atoms with Crippen LogP contribution in [0, 0.1) is 11.3 Å². The smallest absolute Gasteiger partial charge is 0.151 e. The molecule has 0 radical (unpaired) electrons. The third kappa shape index (κ3) is 1.08. The van der Waals surface area contributed by atoms with Gasteiger partial charge in [-0.05, 0) is 25.3 Å². The maximum Gasteiger partial charge on any atom is 0.151 e. The zero-order valence-electron chi connectivity index (χ0n) is 6.41. The average molecular weight is 175 g/mol. The molecule has 1 saturated heterocycles. The molecule has 0 aromatic heterocycles. The number of hydrogen-bond donors (Lipinski definition) is 1. The predicted molar refractivity (Wildman–Crippen MR) is 42.9 cm³/mol. The highest BCUT2D eigenvalue weighted by Gasteiger charge is 2.63. The van der Waals surface area contributed by atoms with E-state index in [4.69, 9.17) is 5.73 Å². The molecule has 1 saturated carbocycles. The number of rotatable bonds is 2. The third-order valence-corrected chi connectivity index (χ3v) is 4.92. The van der Waals surface area contributed by atoms with Gasteiger partial charge in [0.2, 0.25) is 0 Å². The standard InChI is InChI=1S/C7H13NO2S/c8-2-1-6-3-7(6)4-11(9,10)5-7/h6H,1-5,8H2. The van der Waals surface area contributed by atoms with E-state index in [0.717, 1.165) is 12.8 Å². The van der Waals surface area contributed by atoms with E-state index in [1.165, 1.54) is 0 Å². The summed E-state index contributed by atoms with van der Waals surface area (Å²) in [6.07, 6.45) is 2.11. The summed E-state index contributed by atoms with van der Waals surface area (Å²) >= 11 is 0. The molecule has 1 unspecified atom stereocenters. The molecule has 1 atom stereocenters. The van der Waals surface area contributed by atoms with Crippen LogP contribution in [0.4, 0.5) is 0 Å². The highest BCUT2D eigenvalue weighted by atomic mass is 32.2. The van der Waals surface area contributed by atoms with Crippen LogP contribution in [0.3, 0.4) is 0 Å². The van der Waals surface area contributed by atoms with Crippen molar-refractivity contribution >= 4 is 9.84 Å². The first-order valence-electron chi connectivity index (χ1n) is 3.98. The molecule has 2 rings (SSSR count). The molecular formula is C7H13NO2S. The lowest BCUT2D eigenvalue weighted by atomic mass is 10.1. The molecular weight excluding hydrogens is 162 g/mol. The molecule has 2 aliphatic rings. The van der Waals surface area contributed by atoms with Crippen LogP contribution in [0.5, 0.6) is 0 Å². The van der Waals surface area contributed by atoms with Gasteiger partial charge in [0, 0.05) is 5.41 Å². The minimum absolute atomic E-state index is 0.207. The second kappa shape index (κ2) is 1.98. The van der Waals surface area contributed by atoms with Gasteiger partial charge in [0.15, 0.2) is 9.84 Å². The van der Waals surface area contributed by atoms with Gasteiger partial charge in [-0.15, -0.1) is 0 Å². The Bertz CT molecular complexity index is 258. The fourth-order valence-electron chi connectivity index (χ4n) is 2.23. The molecule has 2 N–H and O–H groups in total.